The predicted molar refractivity (Wildman–Crippen MR) is 112 cm³/mol. The standard InChI is InChI=1S/C24H36O2/c1-6-7-8-9-12-19(5)21-15-22(25)24(23(16-21)26-17(2)3)20-13-10-11-18(4)14-20/h11,15-17,20,25H,5-10,12-14H2,1-4H3. The topological polar surface area (TPSA) is 29.5 Å². The minimum absolute atomic E-state index is 0.0847. The Balaban J connectivity index is 2.26. The second kappa shape index (κ2) is 9.85. The number of aromatic hydroxyl groups is 1. The highest BCUT2D eigenvalue weighted by Gasteiger charge is 2.24. The molecule has 26 heavy (non-hydrogen) atoms. The molecule has 2 nitrogen and oxygen atoms in total. The van der Waals surface area contributed by atoms with Crippen LogP contribution in [0.25, 0.3) is 5.57 Å². The second-order valence-corrected chi connectivity index (χ2v) is 8.02. The van der Waals surface area contributed by atoms with Crippen molar-refractivity contribution in [3.63, 3.8) is 0 Å². The van der Waals surface area contributed by atoms with E-state index in [0.717, 1.165) is 54.6 Å². The molecule has 1 aromatic rings. The molecule has 1 atom stereocenters. The molecule has 1 aliphatic rings. The van der Waals surface area contributed by atoms with Crippen molar-refractivity contribution in [2.45, 2.75) is 91.1 Å². The molecular weight excluding hydrogens is 320 g/mol. The van der Waals surface area contributed by atoms with Gasteiger partial charge < -0.3 is 9.84 Å². The Kier molecular flexibility index (Phi) is 7.81. The third kappa shape index (κ3) is 5.65. The first kappa shape index (κ1) is 20.6. The van der Waals surface area contributed by atoms with E-state index in [4.69, 9.17) is 4.74 Å². The van der Waals surface area contributed by atoms with Crippen molar-refractivity contribution in [3.8, 4) is 11.5 Å². The highest BCUT2D eigenvalue weighted by molar-refractivity contribution is 5.68. The number of benzene rings is 1. The van der Waals surface area contributed by atoms with Crippen molar-refractivity contribution in [1.82, 2.24) is 0 Å². The summed E-state index contributed by atoms with van der Waals surface area (Å²) in [5, 5.41) is 10.8. The number of hydrogen-bond donors (Lipinski definition) is 1. The molecular formula is C24H36O2. The van der Waals surface area contributed by atoms with Gasteiger partial charge in [0.15, 0.2) is 0 Å². The molecule has 0 saturated carbocycles. The predicted octanol–water partition coefficient (Wildman–Crippen LogP) is 7.38. The van der Waals surface area contributed by atoms with Crippen molar-refractivity contribution >= 4 is 5.57 Å². The van der Waals surface area contributed by atoms with Gasteiger partial charge in [-0.15, -0.1) is 0 Å². The maximum absolute atomic E-state index is 10.8. The lowest BCUT2D eigenvalue weighted by Crippen LogP contribution is -2.12. The van der Waals surface area contributed by atoms with Gasteiger partial charge in [-0.2, -0.15) is 0 Å². The normalized spacial score (nSPS) is 17.3. The van der Waals surface area contributed by atoms with E-state index in [9.17, 15) is 5.11 Å². The molecule has 0 fully saturated rings. The van der Waals surface area contributed by atoms with Crippen LogP contribution in [0.3, 0.4) is 0 Å². The monoisotopic (exact) mass is 356 g/mol. The van der Waals surface area contributed by atoms with Gasteiger partial charge in [-0.25, -0.2) is 0 Å². The molecule has 2 heteroatoms. The van der Waals surface area contributed by atoms with Gasteiger partial charge >= 0.3 is 0 Å². The summed E-state index contributed by atoms with van der Waals surface area (Å²) in [6.45, 7) is 12.7. The fraction of sp³-hybridized carbons (Fsp3) is 0.583. The van der Waals surface area contributed by atoms with Crippen LogP contribution < -0.4 is 4.74 Å². The Morgan fingerprint density at radius 3 is 2.69 bits per heavy atom. The van der Waals surface area contributed by atoms with E-state index in [1.54, 1.807) is 0 Å². The molecule has 1 N–H and O–H groups in total. The summed E-state index contributed by atoms with van der Waals surface area (Å²) in [5.74, 6) is 1.54. The lowest BCUT2D eigenvalue weighted by Gasteiger charge is -2.26. The van der Waals surface area contributed by atoms with Gasteiger partial charge in [-0.1, -0.05) is 44.4 Å². The van der Waals surface area contributed by atoms with Crippen molar-refractivity contribution in [2.75, 3.05) is 0 Å². The summed E-state index contributed by atoms with van der Waals surface area (Å²) in [5.41, 5.74) is 4.49. The van der Waals surface area contributed by atoms with Crippen LogP contribution in [0.4, 0.5) is 0 Å². The Morgan fingerprint density at radius 1 is 1.27 bits per heavy atom. The minimum atomic E-state index is 0.0847. The summed E-state index contributed by atoms with van der Waals surface area (Å²) in [6.07, 6.45) is 11.4. The lowest BCUT2D eigenvalue weighted by atomic mass is 9.82. The van der Waals surface area contributed by atoms with E-state index in [-0.39, 0.29) is 6.10 Å². The maximum Gasteiger partial charge on any atom is 0.127 e. The lowest BCUT2D eigenvalue weighted by molar-refractivity contribution is 0.236. The quantitative estimate of drug-likeness (QED) is 0.369. The van der Waals surface area contributed by atoms with E-state index in [2.05, 4.69) is 32.6 Å². The molecule has 0 saturated heterocycles. The summed E-state index contributed by atoms with van der Waals surface area (Å²) in [6, 6.07) is 4.00. The van der Waals surface area contributed by atoms with Gasteiger partial charge in [0.05, 0.1) is 6.10 Å². The van der Waals surface area contributed by atoms with E-state index in [0.29, 0.717) is 11.7 Å². The summed E-state index contributed by atoms with van der Waals surface area (Å²) >= 11 is 0. The molecule has 0 radical (unpaired) electrons. The van der Waals surface area contributed by atoms with Crippen LogP contribution in [0, 0.1) is 0 Å². The van der Waals surface area contributed by atoms with E-state index in [1.807, 2.05) is 19.9 Å². The number of rotatable bonds is 9. The second-order valence-electron chi connectivity index (χ2n) is 8.02. The SMILES string of the molecule is C=C(CCCCCC)c1cc(O)c(C2CCC=C(C)C2)c(OC(C)C)c1. The fourth-order valence-electron chi connectivity index (χ4n) is 3.84. The first-order valence-electron chi connectivity index (χ1n) is 10.3. The molecule has 1 aliphatic carbocycles. The van der Waals surface area contributed by atoms with Gasteiger partial charge in [0.25, 0.3) is 0 Å². The third-order valence-corrected chi connectivity index (χ3v) is 5.21. The van der Waals surface area contributed by atoms with Crippen molar-refractivity contribution in [3.05, 3.63) is 41.5 Å². The summed E-state index contributed by atoms with van der Waals surface area (Å²) in [4.78, 5) is 0. The van der Waals surface area contributed by atoms with Crippen LogP contribution in [0.1, 0.15) is 96.1 Å². The van der Waals surface area contributed by atoms with E-state index in [1.165, 1.54) is 24.8 Å². The third-order valence-electron chi connectivity index (χ3n) is 5.21. The van der Waals surface area contributed by atoms with Gasteiger partial charge in [-0.3, -0.25) is 0 Å². The first-order chi connectivity index (χ1) is 12.4. The molecule has 2 rings (SSSR count). The Labute approximate surface area is 160 Å². The van der Waals surface area contributed by atoms with Gasteiger partial charge in [0, 0.05) is 5.56 Å². The zero-order valence-corrected chi connectivity index (χ0v) is 17.1. The number of hydrogen-bond acceptors (Lipinski definition) is 2. The van der Waals surface area contributed by atoms with Crippen LogP contribution in [0.15, 0.2) is 30.4 Å². The van der Waals surface area contributed by atoms with Crippen molar-refractivity contribution < 1.29 is 9.84 Å². The van der Waals surface area contributed by atoms with E-state index < -0.39 is 0 Å². The first-order valence-corrected chi connectivity index (χ1v) is 10.3. The van der Waals surface area contributed by atoms with Crippen LogP contribution >= 0.6 is 0 Å². The molecule has 0 amide bonds. The molecule has 1 unspecified atom stereocenters. The average molecular weight is 357 g/mol. The van der Waals surface area contributed by atoms with Crippen LogP contribution in [0.5, 0.6) is 11.5 Å². The molecule has 0 aliphatic heterocycles. The number of phenolic OH excluding ortho intramolecular Hbond substituents is 1. The average Bonchev–Trinajstić information content (AvgIpc) is 2.57. The van der Waals surface area contributed by atoms with Crippen LogP contribution in [-0.2, 0) is 0 Å². The molecule has 0 bridgehead atoms. The number of ether oxygens (including phenoxy) is 1. The minimum Gasteiger partial charge on any atom is -0.507 e. The van der Waals surface area contributed by atoms with Gasteiger partial charge in [0.2, 0.25) is 0 Å². The van der Waals surface area contributed by atoms with Crippen molar-refractivity contribution in [1.29, 1.82) is 0 Å². The highest BCUT2D eigenvalue weighted by atomic mass is 16.5. The van der Waals surface area contributed by atoms with Crippen molar-refractivity contribution in [2.24, 2.45) is 0 Å². The Bertz CT molecular complexity index is 640. The summed E-state index contributed by atoms with van der Waals surface area (Å²) in [7, 11) is 0. The molecule has 0 spiro atoms. The molecule has 0 aromatic heterocycles. The molecule has 144 valence electrons. The molecule has 1 aromatic carbocycles. The summed E-state index contributed by atoms with van der Waals surface area (Å²) < 4.78 is 6.13. The fourth-order valence-corrected chi connectivity index (χ4v) is 3.84. The van der Waals surface area contributed by atoms with Gasteiger partial charge in [-0.05, 0) is 82.1 Å². The van der Waals surface area contributed by atoms with Gasteiger partial charge in [0.1, 0.15) is 11.5 Å². The van der Waals surface area contributed by atoms with Crippen LogP contribution in [-0.4, -0.2) is 11.2 Å². The zero-order valence-electron chi connectivity index (χ0n) is 17.1. The van der Waals surface area contributed by atoms with E-state index >= 15 is 0 Å². The largest absolute Gasteiger partial charge is 0.507 e. The Hall–Kier alpha value is -1.70. The smallest absolute Gasteiger partial charge is 0.127 e. The Morgan fingerprint density at radius 2 is 2.04 bits per heavy atom. The van der Waals surface area contributed by atoms with Crippen LogP contribution in [0.2, 0.25) is 0 Å². The number of unbranched alkanes of at least 4 members (excludes halogenated alkanes) is 3. The maximum atomic E-state index is 10.8. The number of allylic oxidation sites excluding steroid dienone is 3. The number of phenols is 1. The zero-order chi connectivity index (χ0) is 19.1. The molecule has 0 heterocycles. The highest BCUT2D eigenvalue weighted by Crippen LogP contribution is 2.44.